The van der Waals surface area contributed by atoms with Gasteiger partial charge in [0, 0.05) is 18.8 Å². The van der Waals surface area contributed by atoms with E-state index < -0.39 is 0 Å². The van der Waals surface area contributed by atoms with Crippen molar-refractivity contribution < 1.29 is 14.3 Å². The van der Waals surface area contributed by atoms with E-state index in [0.717, 1.165) is 5.69 Å². The second-order valence-corrected chi connectivity index (χ2v) is 4.10. The van der Waals surface area contributed by atoms with Crippen LogP contribution in [0.4, 0.5) is 10.5 Å². The van der Waals surface area contributed by atoms with E-state index in [1.54, 1.807) is 35.2 Å². The Balaban J connectivity index is 2.01. The first-order valence-electron chi connectivity index (χ1n) is 6.16. The summed E-state index contributed by atoms with van der Waals surface area (Å²) in [6.07, 6.45) is 3.59. The number of urea groups is 1. The van der Waals surface area contributed by atoms with E-state index in [1.165, 1.54) is 0 Å². The standard InChI is InChI=1S/C14H16N2O3/c1-2-3-10-19-13(17)11-4-6-12(7-5-11)16-9-8-15-14(16)18/h2-7H,8-10H2,1H3,(H,15,18)/b3-2+. The first kappa shape index (κ1) is 13.1. The molecule has 19 heavy (non-hydrogen) atoms. The summed E-state index contributed by atoms with van der Waals surface area (Å²) in [7, 11) is 0. The molecule has 1 saturated heterocycles. The van der Waals surface area contributed by atoms with Gasteiger partial charge in [0.05, 0.1) is 5.56 Å². The molecule has 1 aromatic rings. The molecule has 2 rings (SSSR count). The highest BCUT2D eigenvalue weighted by Crippen LogP contribution is 2.17. The number of hydrogen-bond acceptors (Lipinski definition) is 3. The van der Waals surface area contributed by atoms with Crippen molar-refractivity contribution in [2.75, 3.05) is 24.6 Å². The number of carbonyl (C=O) groups excluding carboxylic acids is 2. The minimum Gasteiger partial charge on any atom is -0.458 e. The van der Waals surface area contributed by atoms with Crippen LogP contribution < -0.4 is 10.2 Å². The van der Waals surface area contributed by atoms with Crippen LogP contribution in [0.1, 0.15) is 17.3 Å². The topological polar surface area (TPSA) is 58.6 Å². The van der Waals surface area contributed by atoms with Gasteiger partial charge < -0.3 is 10.1 Å². The highest BCUT2D eigenvalue weighted by atomic mass is 16.5. The molecule has 0 atom stereocenters. The van der Waals surface area contributed by atoms with E-state index in [9.17, 15) is 9.59 Å². The van der Waals surface area contributed by atoms with Crippen molar-refractivity contribution in [2.24, 2.45) is 0 Å². The third kappa shape index (κ3) is 3.13. The number of amides is 2. The van der Waals surface area contributed by atoms with Gasteiger partial charge in [0.1, 0.15) is 6.61 Å². The molecule has 1 aromatic carbocycles. The molecule has 5 nitrogen and oxygen atoms in total. The van der Waals surface area contributed by atoms with E-state index in [1.807, 2.05) is 13.0 Å². The Kier molecular flexibility index (Phi) is 4.18. The van der Waals surface area contributed by atoms with Gasteiger partial charge in [-0.1, -0.05) is 12.2 Å². The molecule has 1 heterocycles. The minimum absolute atomic E-state index is 0.108. The van der Waals surface area contributed by atoms with Gasteiger partial charge in [0.2, 0.25) is 0 Å². The number of anilines is 1. The Morgan fingerprint density at radius 1 is 1.42 bits per heavy atom. The van der Waals surface area contributed by atoms with Crippen LogP contribution >= 0.6 is 0 Å². The van der Waals surface area contributed by atoms with Crippen LogP contribution in [0, 0.1) is 0 Å². The largest absolute Gasteiger partial charge is 0.458 e. The molecule has 0 aliphatic carbocycles. The summed E-state index contributed by atoms with van der Waals surface area (Å²) in [5, 5.41) is 2.73. The second kappa shape index (κ2) is 6.04. The zero-order chi connectivity index (χ0) is 13.7. The number of nitrogens with one attached hydrogen (secondary N) is 1. The lowest BCUT2D eigenvalue weighted by molar-refractivity contribution is 0.0549. The van der Waals surface area contributed by atoms with Gasteiger partial charge in [-0.05, 0) is 31.2 Å². The predicted molar refractivity (Wildman–Crippen MR) is 72.3 cm³/mol. The number of ether oxygens (including phenoxy) is 1. The Hall–Kier alpha value is -2.30. The molecule has 0 spiro atoms. The number of esters is 1. The molecule has 1 fully saturated rings. The molecule has 0 aromatic heterocycles. The monoisotopic (exact) mass is 260 g/mol. The van der Waals surface area contributed by atoms with Gasteiger partial charge in [-0.3, -0.25) is 4.90 Å². The molecular weight excluding hydrogens is 244 g/mol. The Labute approximate surface area is 111 Å². The van der Waals surface area contributed by atoms with Crippen molar-refractivity contribution >= 4 is 17.7 Å². The van der Waals surface area contributed by atoms with Crippen LogP contribution in [0.15, 0.2) is 36.4 Å². The first-order valence-corrected chi connectivity index (χ1v) is 6.16. The Morgan fingerprint density at radius 2 is 2.16 bits per heavy atom. The minimum atomic E-state index is -0.365. The van der Waals surface area contributed by atoms with Crippen molar-refractivity contribution in [3.63, 3.8) is 0 Å². The molecule has 0 unspecified atom stereocenters. The van der Waals surface area contributed by atoms with Gasteiger partial charge in [0.25, 0.3) is 0 Å². The molecule has 1 aliphatic heterocycles. The predicted octanol–water partition coefficient (Wildman–Crippen LogP) is 1.95. The highest BCUT2D eigenvalue weighted by Gasteiger charge is 2.21. The first-order chi connectivity index (χ1) is 9.22. The lowest BCUT2D eigenvalue weighted by Gasteiger charge is -2.14. The van der Waals surface area contributed by atoms with Crippen LogP contribution in [0.2, 0.25) is 0 Å². The van der Waals surface area contributed by atoms with Crippen LogP contribution in [0.3, 0.4) is 0 Å². The molecule has 1 aliphatic rings. The number of hydrogen-bond donors (Lipinski definition) is 1. The molecule has 5 heteroatoms. The zero-order valence-corrected chi connectivity index (χ0v) is 10.8. The fourth-order valence-electron chi connectivity index (χ4n) is 1.80. The average molecular weight is 260 g/mol. The van der Waals surface area contributed by atoms with Crippen LogP contribution in [-0.4, -0.2) is 31.7 Å². The van der Waals surface area contributed by atoms with Gasteiger partial charge in [-0.15, -0.1) is 0 Å². The molecule has 0 radical (unpaired) electrons. The van der Waals surface area contributed by atoms with E-state index in [-0.39, 0.29) is 18.6 Å². The fourth-order valence-corrected chi connectivity index (χ4v) is 1.80. The van der Waals surface area contributed by atoms with Gasteiger partial charge in [0.15, 0.2) is 0 Å². The number of benzene rings is 1. The summed E-state index contributed by atoms with van der Waals surface area (Å²) in [4.78, 5) is 24.8. The maximum Gasteiger partial charge on any atom is 0.338 e. The van der Waals surface area contributed by atoms with E-state index in [0.29, 0.717) is 18.7 Å². The van der Waals surface area contributed by atoms with Crippen LogP contribution in [-0.2, 0) is 4.74 Å². The van der Waals surface area contributed by atoms with Crippen molar-refractivity contribution in [1.82, 2.24) is 5.32 Å². The van der Waals surface area contributed by atoms with Gasteiger partial charge in [-0.2, -0.15) is 0 Å². The summed E-state index contributed by atoms with van der Waals surface area (Å²) in [5.74, 6) is -0.365. The molecule has 0 bridgehead atoms. The normalized spacial score (nSPS) is 14.8. The summed E-state index contributed by atoms with van der Waals surface area (Å²) in [5.41, 5.74) is 1.26. The quantitative estimate of drug-likeness (QED) is 0.665. The molecule has 2 amide bonds. The highest BCUT2D eigenvalue weighted by molar-refractivity contribution is 5.95. The van der Waals surface area contributed by atoms with Crippen LogP contribution in [0.25, 0.3) is 0 Å². The summed E-state index contributed by atoms with van der Waals surface area (Å²) < 4.78 is 5.04. The second-order valence-electron chi connectivity index (χ2n) is 4.10. The molecule has 0 saturated carbocycles. The number of carbonyl (C=O) groups is 2. The molecule has 100 valence electrons. The Bertz CT molecular complexity index is 494. The summed E-state index contributed by atoms with van der Waals surface area (Å²) in [6, 6.07) is 6.72. The number of allylic oxidation sites excluding steroid dienone is 1. The summed E-state index contributed by atoms with van der Waals surface area (Å²) in [6.45, 7) is 3.42. The van der Waals surface area contributed by atoms with Crippen molar-refractivity contribution in [3.05, 3.63) is 42.0 Å². The SMILES string of the molecule is C/C=C/COC(=O)c1ccc(N2CCNC2=O)cc1. The fraction of sp³-hybridized carbons (Fsp3) is 0.286. The maximum atomic E-state index is 11.7. The number of rotatable bonds is 4. The lowest BCUT2D eigenvalue weighted by Crippen LogP contribution is -2.27. The summed E-state index contributed by atoms with van der Waals surface area (Å²) >= 11 is 0. The van der Waals surface area contributed by atoms with Crippen molar-refractivity contribution in [2.45, 2.75) is 6.92 Å². The number of nitrogens with zero attached hydrogens (tertiary/aromatic N) is 1. The van der Waals surface area contributed by atoms with Gasteiger partial charge in [-0.25, -0.2) is 9.59 Å². The van der Waals surface area contributed by atoms with E-state index in [4.69, 9.17) is 4.74 Å². The third-order valence-corrected chi connectivity index (χ3v) is 2.82. The zero-order valence-electron chi connectivity index (χ0n) is 10.8. The average Bonchev–Trinajstić information content (AvgIpc) is 2.85. The molecule has 1 N–H and O–H groups in total. The van der Waals surface area contributed by atoms with Crippen LogP contribution in [0.5, 0.6) is 0 Å². The molecular formula is C14H16N2O3. The smallest absolute Gasteiger partial charge is 0.338 e. The van der Waals surface area contributed by atoms with Crippen molar-refractivity contribution in [1.29, 1.82) is 0 Å². The van der Waals surface area contributed by atoms with Gasteiger partial charge >= 0.3 is 12.0 Å². The third-order valence-electron chi connectivity index (χ3n) is 2.82. The van der Waals surface area contributed by atoms with Crippen molar-refractivity contribution in [3.8, 4) is 0 Å². The van der Waals surface area contributed by atoms with E-state index in [2.05, 4.69) is 5.32 Å². The lowest BCUT2D eigenvalue weighted by atomic mass is 10.2. The Morgan fingerprint density at radius 3 is 2.74 bits per heavy atom. The maximum absolute atomic E-state index is 11.7. The van der Waals surface area contributed by atoms with E-state index >= 15 is 0 Å².